The van der Waals surface area contributed by atoms with E-state index in [0.717, 1.165) is 34.4 Å². The van der Waals surface area contributed by atoms with E-state index in [1.807, 2.05) is 61.6 Å². The number of anilines is 1. The van der Waals surface area contributed by atoms with Gasteiger partial charge in [-0.05, 0) is 79.9 Å². The Morgan fingerprint density at radius 1 is 0.870 bits per heavy atom. The number of hydrogen-bond donors (Lipinski definition) is 1. The fraction of sp³-hybridized carbons (Fsp3) is 0.381. The molecule has 10 nitrogen and oxygen atoms in total. The summed E-state index contributed by atoms with van der Waals surface area (Å²) in [7, 11) is -5.45. The van der Waals surface area contributed by atoms with E-state index >= 15 is 8.42 Å². The number of hydrogen-bond acceptors (Lipinski definition) is 8. The average Bonchev–Trinajstić information content (AvgIpc) is 3.73. The van der Waals surface area contributed by atoms with Gasteiger partial charge in [0.15, 0.2) is 5.65 Å². The fourth-order valence-corrected chi connectivity index (χ4v) is 12.5. The number of nitrogens with zero attached hydrogens (tertiary/aromatic N) is 4. The van der Waals surface area contributed by atoms with E-state index in [1.54, 1.807) is 41.4 Å². The van der Waals surface area contributed by atoms with Crippen molar-refractivity contribution < 1.29 is 21.6 Å². The third-order valence-corrected chi connectivity index (χ3v) is 15.9. The monoisotopic (exact) mass is 763 g/mol. The number of benzene rings is 3. The lowest BCUT2D eigenvalue weighted by Crippen LogP contribution is -2.52. The summed E-state index contributed by atoms with van der Waals surface area (Å²) < 4.78 is 55.8. The van der Waals surface area contributed by atoms with Crippen molar-refractivity contribution in [3.8, 4) is 22.4 Å². The molecule has 0 aliphatic carbocycles. The SMILES string of the molecule is C[C@@H]1CC2CC3(CC1N2)C(=O)N(C)c1cnc2c(c(-c4ccccc4)c(-c4ccc(CN5CCC(S(C)(=O)=O)CC5)cc4)n2S(=O)(=O)c2ccccc2)c13. The Balaban J connectivity index is 1.27. The second-order valence-electron chi connectivity index (χ2n) is 15.9. The van der Waals surface area contributed by atoms with E-state index < -0.39 is 25.3 Å². The van der Waals surface area contributed by atoms with Gasteiger partial charge in [0.05, 0.1) is 33.1 Å². The molecule has 3 saturated heterocycles. The van der Waals surface area contributed by atoms with Crippen LogP contribution in [-0.2, 0) is 36.6 Å². The van der Waals surface area contributed by atoms with Gasteiger partial charge < -0.3 is 10.2 Å². The molecule has 6 heterocycles. The Labute approximate surface area is 317 Å². The fourth-order valence-electron chi connectivity index (χ4n) is 9.89. The number of likely N-dealkylation sites (tertiary alicyclic amines) is 1. The molecule has 1 spiro atoms. The normalized spacial score (nSPS) is 24.8. The lowest BCUT2D eigenvalue weighted by molar-refractivity contribution is -0.124. The van der Waals surface area contributed by atoms with E-state index in [9.17, 15) is 13.2 Å². The van der Waals surface area contributed by atoms with Crippen molar-refractivity contribution >= 4 is 42.5 Å². The Hall–Kier alpha value is -4.36. The summed E-state index contributed by atoms with van der Waals surface area (Å²) in [6.45, 7) is 4.31. The molecule has 1 amide bonds. The van der Waals surface area contributed by atoms with Crippen molar-refractivity contribution in [2.24, 2.45) is 5.92 Å². The molecule has 3 unspecified atom stereocenters. The summed E-state index contributed by atoms with van der Waals surface area (Å²) in [5.74, 6) is 0.465. The first kappa shape index (κ1) is 35.3. The molecule has 2 bridgehead atoms. The number of piperidine rings is 2. The highest BCUT2D eigenvalue weighted by Crippen LogP contribution is 2.57. The van der Waals surface area contributed by atoms with Gasteiger partial charge in [0.2, 0.25) is 5.91 Å². The summed E-state index contributed by atoms with van der Waals surface area (Å²) in [5, 5.41) is 4.17. The van der Waals surface area contributed by atoms with Crippen LogP contribution in [0.2, 0.25) is 0 Å². The molecule has 3 aromatic carbocycles. The molecule has 4 atom stereocenters. The number of aromatic nitrogens is 2. The van der Waals surface area contributed by atoms with Gasteiger partial charge in [0.1, 0.15) is 9.84 Å². The predicted octanol–water partition coefficient (Wildman–Crippen LogP) is 5.99. The summed E-state index contributed by atoms with van der Waals surface area (Å²) in [6, 6.07) is 26.7. The van der Waals surface area contributed by atoms with Gasteiger partial charge in [-0.3, -0.25) is 9.69 Å². The maximum atomic E-state index is 15.1. The Kier molecular flexibility index (Phi) is 8.42. The topological polar surface area (TPSA) is 122 Å². The standard InChI is InChI=1S/C42H45N5O5S2/c1-27-22-31-23-42(24-34(27)44-31)38-35(45(2)41(42)48)25-43-40-37(38)36(29-10-6-4-7-11-29)39(47(40)54(51,52)33-12-8-5-9-13-33)30-16-14-28(15-17-30)26-46-20-18-32(19-21-46)53(3,49)50/h4-17,25,27,31-32,34,44H,18-24,26H2,1-3H3/t27-,31?,34?,42?/m1/s1. The number of sulfone groups is 1. The zero-order valence-electron chi connectivity index (χ0n) is 30.8. The number of amides is 1. The van der Waals surface area contributed by atoms with Crippen LogP contribution in [0.3, 0.4) is 0 Å². The van der Waals surface area contributed by atoms with Crippen LogP contribution in [0, 0.1) is 5.92 Å². The van der Waals surface area contributed by atoms with E-state index in [1.165, 1.54) is 10.2 Å². The zero-order chi connectivity index (χ0) is 37.6. The molecular formula is C42H45N5O5S2. The van der Waals surface area contributed by atoms with Crippen LogP contribution >= 0.6 is 0 Å². The largest absolute Gasteiger partial charge is 0.313 e. The van der Waals surface area contributed by atoms with Crippen LogP contribution in [0.15, 0.2) is 96.0 Å². The zero-order valence-corrected chi connectivity index (χ0v) is 32.4. The summed E-state index contributed by atoms with van der Waals surface area (Å²) in [6.07, 6.45) is 6.52. The molecule has 0 saturated carbocycles. The summed E-state index contributed by atoms with van der Waals surface area (Å²) in [4.78, 5) is 23.7. The van der Waals surface area contributed by atoms with Crippen LogP contribution in [0.25, 0.3) is 33.4 Å². The van der Waals surface area contributed by atoms with Gasteiger partial charge in [0.25, 0.3) is 10.0 Å². The van der Waals surface area contributed by atoms with Crippen LogP contribution in [0.4, 0.5) is 5.69 Å². The number of carbonyl (C=O) groups is 1. The minimum atomic E-state index is -4.20. The van der Waals surface area contributed by atoms with Crippen molar-refractivity contribution in [2.75, 3.05) is 31.3 Å². The second-order valence-corrected chi connectivity index (χ2v) is 20.0. The quantitative estimate of drug-likeness (QED) is 0.215. The number of fused-ring (bicyclic) bond motifs is 6. The van der Waals surface area contributed by atoms with E-state index in [4.69, 9.17) is 4.98 Å². The summed E-state index contributed by atoms with van der Waals surface area (Å²) >= 11 is 0. The molecule has 4 aliphatic heterocycles. The smallest absolute Gasteiger partial charge is 0.269 e. The highest BCUT2D eigenvalue weighted by Gasteiger charge is 2.58. The molecule has 1 N–H and O–H groups in total. The van der Waals surface area contributed by atoms with Gasteiger partial charge in [0, 0.05) is 48.4 Å². The molecule has 0 radical (unpaired) electrons. The maximum absolute atomic E-state index is 15.1. The molecule has 54 heavy (non-hydrogen) atoms. The Morgan fingerprint density at radius 3 is 2.19 bits per heavy atom. The number of pyridine rings is 1. The lowest BCUT2D eigenvalue weighted by atomic mass is 9.70. The van der Waals surface area contributed by atoms with Gasteiger partial charge in [-0.15, -0.1) is 0 Å². The molecule has 2 aromatic heterocycles. The number of likely N-dealkylation sites (N-methyl/N-ethyl adjacent to an activating group) is 1. The van der Waals surface area contributed by atoms with Crippen LogP contribution < -0.4 is 10.2 Å². The molecule has 12 heteroatoms. The van der Waals surface area contributed by atoms with Crippen molar-refractivity contribution in [3.05, 3.63) is 102 Å². The van der Waals surface area contributed by atoms with Crippen LogP contribution in [0.5, 0.6) is 0 Å². The molecular weight excluding hydrogens is 719 g/mol. The van der Waals surface area contributed by atoms with Crippen LogP contribution in [-0.4, -0.2) is 80.3 Å². The number of rotatable bonds is 7. The minimum Gasteiger partial charge on any atom is -0.313 e. The highest BCUT2D eigenvalue weighted by molar-refractivity contribution is 7.91. The van der Waals surface area contributed by atoms with Crippen molar-refractivity contribution in [2.45, 2.75) is 73.2 Å². The lowest BCUT2D eigenvalue weighted by Gasteiger charge is -2.38. The van der Waals surface area contributed by atoms with Crippen molar-refractivity contribution in [1.82, 2.24) is 19.2 Å². The molecule has 280 valence electrons. The van der Waals surface area contributed by atoms with E-state index in [-0.39, 0.29) is 28.1 Å². The third-order valence-electron chi connectivity index (χ3n) is 12.5. The molecule has 3 fully saturated rings. The van der Waals surface area contributed by atoms with Gasteiger partial charge >= 0.3 is 0 Å². The molecule has 5 aromatic rings. The second kappa shape index (κ2) is 12.9. The van der Waals surface area contributed by atoms with Crippen molar-refractivity contribution in [1.29, 1.82) is 0 Å². The Bertz CT molecular complexity index is 2490. The first-order chi connectivity index (χ1) is 25.9. The predicted molar refractivity (Wildman–Crippen MR) is 212 cm³/mol. The van der Waals surface area contributed by atoms with Gasteiger partial charge in [-0.2, -0.15) is 0 Å². The Morgan fingerprint density at radius 2 is 1.54 bits per heavy atom. The first-order valence-electron chi connectivity index (χ1n) is 18.9. The van der Waals surface area contributed by atoms with Gasteiger partial charge in [-0.25, -0.2) is 25.8 Å². The van der Waals surface area contributed by atoms with E-state index in [2.05, 4.69) is 17.1 Å². The van der Waals surface area contributed by atoms with Crippen molar-refractivity contribution in [3.63, 3.8) is 0 Å². The molecule has 9 rings (SSSR count). The number of nitrogens with one attached hydrogen (secondary N) is 1. The van der Waals surface area contributed by atoms with E-state index in [0.29, 0.717) is 73.5 Å². The molecule has 4 aliphatic rings. The summed E-state index contributed by atoms with van der Waals surface area (Å²) in [5.41, 5.74) is 4.95. The number of carbonyl (C=O) groups excluding carboxylic acids is 1. The van der Waals surface area contributed by atoms with Gasteiger partial charge in [-0.1, -0.05) is 79.7 Å². The highest BCUT2D eigenvalue weighted by atomic mass is 32.2. The first-order valence-corrected chi connectivity index (χ1v) is 22.2. The third kappa shape index (κ3) is 5.55. The average molecular weight is 764 g/mol. The van der Waals surface area contributed by atoms with Crippen LogP contribution in [0.1, 0.15) is 50.2 Å². The minimum absolute atomic E-state index is 0.0431. The maximum Gasteiger partial charge on any atom is 0.269 e.